The van der Waals surface area contributed by atoms with E-state index in [1.54, 1.807) is 0 Å². The SMILES string of the molecule is CNC1CCN(CC2CCCCC2C)C1. The molecule has 1 aliphatic heterocycles. The summed E-state index contributed by atoms with van der Waals surface area (Å²) in [6, 6.07) is 0.754. The zero-order valence-electron chi connectivity index (χ0n) is 10.3. The molecule has 2 fully saturated rings. The van der Waals surface area contributed by atoms with Gasteiger partial charge in [0.25, 0.3) is 0 Å². The molecule has 0 aromatic rings. The van der Waals surface area contributed by atoms with Gasteiger partial charge < -0.3 is 10.2 Å². The number of likely N-dealkylation sites (N-methyl/N-ethyl adjacent to an activating group) is 1. The fraction of sp³-hybridized carbons (Fsp3) is 1.00. The molecule has 1 heterocycles. The minimum Gasteiger partial charge on any atom is -0.316 e. The van der Waals surface area contributed by atoms with Crippen molar-refractivity contribution in [3.05, 3.63) is 0 Å². The van der Waals surface area contributed by atoms with Crippen molar-refractivity contribution in [1.82, 2.24) is 10.2 Å². The maximum absolute atomic E-state index is 3.40. The van der Waals surface area contributed by atoms with Crippen molar-refractivity contribution in [2.75, 3.05) is 26.7 Å². The fourth-order valence-corrected chi connectivity index (χ4v) is 3.23. The minimum absolute atomic E-state index is 0.754. The number of nitrogens with one attached hydrogen (secondary N) is 1. The van der Waals surface area contributed by atoms with Crippen LogP contribution in [0.15, 0.2) is 0 Å². The fourth-order valence-electron chi connectivity index (χ4n) is 3.23. The molecule has 1 saturated heterocycles. The van der Waals surface area contributed by atoms with Gasteiger partial charge in [0.1, 0.15) is 0 Å². The van der Waals surface area contributed by atoms with Gasteiger partial charge in [-0.2, -0.15) is 0 Å². The van der Waals surface area contributed by atoms with Gasteiger partial charge in [0, 0.05) is 19.1 Å². The number of nitrogens with zero attached hydrogens (tertiary/aromatic N) is 1. The zero-order valence-corrected chi connectivity index (χ0v) is 10.3. The molecule has 15 heavy (non-hydrogen) atoms. The Labute approximate surface area is 94.4 Å². The van der Waals surface area contributed by atoms with Gasteiger partial charge in [-0.3, -0.25) is 0 Å². The van der Waals surface area contributed by atoms with E-state index in [1.807, 2.05) is 0 Å². The molecule has 3 unspecified atom stereocenters. The second-order valence-electron chi connectivity index (χ2n) is 5.56. The van der Waals surface area contributed by atoms with Crippen molar-refractivity contribution in [2.45, 2.75) is 45.1 Å². The molecular weight excluding hydrogens is 184 g/mol. The Hall–Kier alpha value is -0.0800. The molecule has 1 saturated carbocycles. The highest BCUT2D eigenvalue weighted by Crippen LogP contribution is 2.30. The van der Waals surface area contributed by atoms with Gasteiger partial charge in [-0.25, -0.2) is 0 Å². The average Bonchev–Trinajstić information content (AvgIpc) is 2.69. The summed E-state index contributed by atoms with van der Waals surface area (Å²) in [5.74, 6) is 1.95. The highest BCUT2D eigenvalue weighted by atomic mass is 15.2. The van der Waals surface area contributed by atoms with Crippen molar-refractivity contribution in [3.8, 4) is 0 Å². The van der Waals surface area contributed by atoms with E-state index in [2.05, 4.69) is 24.2 Å². The zero-order chi connectivity index (χ0) is 10.7. The molecule has 0 bridgehead atoms. The van der Waals surface area contributed by atoms with E-state index in [-0.39, 0.29) is 0 Å². The summed E-state index contributed by atoms with van der Waals surface area (Å²) in [7, 11) is 2.09. The Morgan fingerprint density at radius 2 is 2.00 bits per heavy atom. The molecule has 0 spiro atoms. The third-order valence-electron chi connectivity index (χ3n) is 4.46. The van der Waals surface area contributed by atoms with E-state index in [4.69, 9.17) is 0 Å². The first-order chi connectivity index (χ1) is 7.29. The average molecular weight is 210 g/mol. The number of hydrogen-bond donors (Lipinski definition) is 1. The predicted molar refractivity (Wildman–Crippen MR) is 65.0 cm³/mol. The van der Waals surface area contributed by atoms with E-state index in [9.17, 15) is 0 Å². The van der Waals surface area contributed by atoms with Crippen molar-refractivity contribution >= 4 is 0 Å². The molecule has 3 atom stereocenters. The van der Waals surface area contributed by atoms with Crippen LogP contribution in [0.2, 0.25) is 0 Å². The number of rotatable bonds is 3. The van der Waals surface area contributed by atoms with Gasteiger partial charge in [0.2, 0.25) is 0 Å². The Morgan fingerprint density at radius 3 is 2.67 bits per heavy atom. The maximum atomic E-state index is 3.40. The first-order valence-corrected chi connectivity index (χ1v) is 6.69. The van der Waals surface area contributed by atoms with Crippen LogP contribution in [-0.2, 0) is 0 Å². The second kappa shape index (κ2) is 5.31. The van der Waals surface area contributed by atoms with Crippen LogP contribution in [0.3, 0.4) is 0 Å². The summed E-state index contributed by atoms with van der Waals surface area (Å²) in [4.78, 5) is 2.67. The molecule has 2 rings (SSSR count). The van der Waals surface area contributed by atoms with Crippen LogP contribution in [0.1, 0.15) is 39.0 Å². The predicted octanol–water partition coefficient (Wildman–Crippen LogP) is 2.11. The molecular formula is C13H26N2. The number of likely N-dealkylation sites (tertiary alicyclic amines) is 1. The summed E-state index contributed by atoms with van der Waals surface area (Å²) in [5.41, 5.74) is 0. The molecule has 0 amide bonds. The maximum Gasteiger partial charge on any atom is 0.0204 e. The molecule has 2 heteroatoms. The molecule has 88 valence electrons. The normalized spacial score (nSPS) is 38.4. The Balaban J connectivity index is 1.76. The Kier molecular flexibility index (Phi) is 4.04. The quantitative estimate of drug-likeness (QED) is 0.767. The molecule has 0 aromatic carbocycles. The van der Waals surface area contributed by atoms with Gasteiger partial charge in [-0.05, 0) is 38.3 Å². The van der Waals surface area contributed by atoms with Crippen LogP contribution in [0.5, 0.6) is 0 Å². The number of hydrogen-bond acceptors (Lipinski definition) is 2. The summed E-state index contributed by atoms with van der Waals surface area (Å²) in [5, 5.41) is 3.40. The first-order valence-electron chi connectivity index (χ1n) is 6.69. The Bertz CT molecular complexity index is 193. The summed E-state index contributed by atoms with van der Waals surface area (Å²) in [6.45, 7) is 6.41. The van der Waals surface area contributed by atoms with Gasteiger partial charge in [-0.15, -0.1) is 0 Å². The van der Waals surface area contributed by atoms with Gasteiger partial charge >= 0.3 is 0 Å². The van der Waals surface area contributed by atoms with Crippen LogP contribution in [-0.4, -0.2) is 37.6 Å². The van der Waals surface area contributed by atoms with E-state index in [1.165, 1.54) is 51.7 Å². The lowest BCUT2D eigenvalue weighted by molar-refractivity contribution is 0.179. The molecule has 1 aliphatic carbocycles. The van der Waals surface area contributed by atoms with Crippen LogP contribution in [0.25, 0.3) is 0 Å². The van der Waals surface area contributed by atoms with Crippen molar-refractivity contribution in [3.63, 3.8) is 0 Å². The third kappa shape index (κ3) is 2.94. The molecule has 2 nitrogen and oxygen atoms in total. The monoisotopic (exact) mass is 210 g/mol. The van der Waals surface area contributed by atoms with Gasteiger partial charge in [0.15, 0.2) is 0 Å². The summed E-state index contributed by atoms with van der Waals surface area (Å²) < 4.78 is 0. The van der Waals surface area contributed by atoms with Gasteiger partial charge in [-0.1, -0.05) is 26.2 Å². The van der Waals surface area contributed by atoms with Crippen LogP contribution in [0, 0.1) is 11.8 Å². The minimum atomic E-state index is 0.754. The highest BCUT2D eigenvalue weighted by Gasteiger charge is 2.27. The van der Waals surface area contributed by atoms with E-state index in [0.717, 1.165) is 17.9 Å². The largest absolute Gasteiger partial charge is 0.316 e. The smallest absolute Gasteiger partial charge is 0.0204 e. The van der Waals surface area contributed by atoms with Crippen LogP contribution in [0.4, 0.5) is 0 Å². The molecule has 0 radical (unpaired) electrons. The Morgan fingerprint density at radius 1 is 1.20 bits per heavy atom. The lowest BCUT2D eigenvalue weighted by Crippen LogP contribution is -2.35. The van der Waals surface area contributed by atoms with Crippen molar-refractivity contribution in [1.29, 1.82) is 0 Å². The van der Waals surface area contributed by atoms with Crippen LogP contribution < -0.4 is 5.32 Å². The van der Waals surface area contributed by atoms with E-state index < -0.39 is 0 Å². The van der Waals surface area contributed by atoms with E-state index in [0.29, 0.717) is 0 Å². The third-order valence-corrected chi connectivity index (χ3v) is 4.46. The van der Waals surface area contributed by atoms with E-state index >= 15 is 0 Å². The topological polar surface area (TPSA) is 15.3 Å². The highest BCUT2D eigenvalue weighted by molar-refractivity contribution is 4.83. The first kappa shape index (κ1) is 11.4. The van der Waals surface area contributed by atoms with Gasteiger partial charge in [0.05, 0.1) is 0 Å². The van der Waals surface area contributed by atoms with Crippen molar-refractivity contribution in [2.24, 2.45) is 11.8 Å². The van der Waals surface area contributed by atoms with Crippen LogP contribution >= 0.6 is 0 Å². The van der Waals surface area contributed by atoms with Crippen molar-refractivity contribution < 1.29 is 0 Å². The lowest BCUT2D eigenvalue weighted by Gasteiger charge is -2.32. The molecule has 2 aliphatic rings. The second-order valence-corrected chi connectivity index (χ2v) is 5.56. The molecule has 0 aromatic heterocycles. The lowest BCUT2D eigenvalue weighted by atomic mass is 9.80. The standard InChI is InChI=1S/C13H26N2/c1-11-5-3-4-6-12(11)9-15-8-7-13(10-15)14-2/h11-14H,3-10H2,1-2H3. The summed E-state index contributed by atoms with van der Waals surface area (Å²) >= 11 is 0. The molecule has 1 N–H and O–H groups in total. The summed E-state index contributed by atoms with van der Waals surface area (Å²) in [6.07, 6.45) is 7.22.